The topological polar surface area (TPSA) is 15.3 Å². The molecule has 2 aliphatic heterocycles. The van der Waals surface area contributed by atoms with Crippen molar-refractivity contribution < 1.29 is 0 Å². The van der Waals surface area contributed by atoms with E-state index in [2.05, 4.69) is 34.5 Å². The maximum atomic E-state index is 3.68. The number of nitrogens with zero attached hydrogens (tertiary/aromatic N) is 1. The molecule has 98 valence electrons. The quantitative estimate of drug-likeness (QED) is 0.859. The molecule has 0 spiro atoms. The van der Waals surface area contributed by atoms with E-state index in [1.165, 1.54) is 69.4 Å². The average Bonchev–Trinajstić information content (AvgIpc) is 2.74. The van der Waals surface area contributed by atoms with Crippen LogP contribution in [-0.2, 0) is 6.42 Å². The molecular weight excluding hydrogens is 220 g/mol. The van der Waals surface area contributed by atoms with Gasteiger partial charge in [0.05, 0.1) is 0 Å². The molecule has 1 unspecified atom stereocenters. The summed E-state index contributed by atoms with van der Waals surface area (Å²) in [5.74, 6) is 0. The average molecular weight is 244 g/mol. The predicted molar refractivity (Wildman–Crippen MR) is 77.1 cm³/mol. The highest BCUT2D eigenvalue weighted by Crippen LogP contribution is 2.25. The summed E-state index contributed by atoms with van der Waals surface area (Å²) in [4.78, 5) is 2.67. The van der Waals surface area contributed by atoms with Crippen LogP contribution in [0.15, 0.2) is 24.3 Å². The van der Waals surface area contributed by atoms with Crippen molar-refractivity contribution >= 4 is 5.69 Å². The van der Waals surface area contributed by atoms with Crippen molar-refractivity contribution in [1.29, 1.82) is 0 Å². The van der Waals surface area contributed by atoms with E-state index in [1.807, 2.05) is 0 Å². The van der Waals surface area contributed by atoms with Crippen molar-refractivity contribution in [2.45, 2.75) is 44.6 Å². The number of benzene rings is 1. The van der Waals surface area contributed by atoms with Crippen molar-refractivity contribution in [3.05, 3.63) is 29.8 Å². The van der Waals surface area contributed by atoms with Gasteiger partial charge >= 0.3 is 0 Å². The van der Waals surface area contributed by atoms with Crippen LogP contribution in [0.1, 0.15) is 37.7 Å². The van der Waals surface area contributed by atoms with Crippen molar-refractivity contribution in [3.63, 3.8) is 0 Å². The smallest absolute Gasteiger partial charge is 0.0429 e. The largest absolute Gasteiger partial charge is 0.380 e. The van der Waals surface area contributed by atoms with Crippen LogP contribution in [0, 0.1) is 0 Å². The van der Waals surface area contributed by atoms with Crippen LogP contribution >= 0.6 is 0 Å². The van der Waals surface area contributed by atoms with Crippen LogP contribution in [0.2, 0.25) is 0 Å². The van der Waals surface area contributed by atoms with E-state index in [1.54, 1.807) is 0 Å². The Morgan fingerprint density at radius 1 is 1.00 bits per heavy atom. The Hall–Kier alpha value is -1.02. The summed E-state index contributed by atoms with van der Waals surface area (Å²) in [6.07, 6.45) is 8.27. The third kappa shape index (κ3) is 2.86. The first kappa shape index (κ1) is 12.0. The molecule has 1 fully saturated rings. The number of nitrogens with one attached hydrogen (secondary N) is 1. The fourth-order valence-electron chi connectivity index (χ4n) is 3.29. The number of hydrogen-bond acceptors (Lipinski definition) is 2. The predicted octanol–water partition coefficient (Wildman–Crippen LogP) is 3.29. The standard InChI is InChI=1S/C16H24N2/c1-2-6-10-18(11-7-3-1)13-15-12-14-8-4-5-9-16(14)17-15/h4-5,8-9,15,17H,1-3,6-7,10-13H2. The molecule has 1 N–H and O–H groups in total. The van der Waals surface area contributed by atoms with Gasteiger partial charge in [-0.25, -0.2) is 0 Å². The molecule has 3 rings (SSSR count). The number of rotatable bonds is 2. The van der Waals surface area contributed by atoms with E-state index in [4.69, 9.17) is 0 Å². The highest BCUT2D eigenvalue weighted by atomic mass is 15.2. The van der Waals surface area contributed by atoms with Crippen LogP contribution in [-0.4, -0.2) is 30.6 Å². The minimum Gasteiger partial charge on any atom is -0.380 e. The zero-order valence-electron chi connectivity index (χ0n) is 11.2. The van der Waals surface area contributed by atoms with Crippen LogP contribution in [0.25, 0.3) is 0 Å². The summed E-state index contributed by atoms with van der Waals surface area (Å²) in [5, 5.41) is 3.68. The summed E-state index contributed by atoms with van der Waals surface area (Å²) >= 11 is 0. The van der Waals surface area contributed by atoms with Gasteiger partial charge in [-0.15, -0.1) is 0 Å². The maximum Gasteiger partial charge on any atom is 0.0429 e. The van der Waals surface area contributed by atoms with E-state index in [0.717, 1.165) is 0 Å². The van der Waals surface area contributed by atoms with Crippen molar-refractivity contribution in [1.82, 2.24) is 4.90 Å². The monoisotopic (exact) mass is 244 g/mol. The molecule has 2 nitrogen and oxygen atoms in total. The van der Waals surface area contributed by atoms with Crippen molar-refractivity contribution in [2.24, 2.45) is 0 Å². The van der Waals surface area contributed by atoms with Gasteiger partial charge in [0.15, 0.2) is 0 Å². The Bertz CT molecular complexity index is 355. The highest BCUT2D eigenvalue weighted by Gasteiger charge is 2.22. The summed E-state index contributed by atoms with van der Waals surface area (Å²) in [5.41, 5.74) is 2.85. The zero-order valence-corrected chi connectivity index (χ0v) is 11.2. The molecule has 0 aliphatic carbocycles. The molecule has 0 radical (unpaired) electrons. The number of anilines is 1. The van der Waals surface area contributed by atoms with Gasteiger partial charge in [-0.05, 0) is 44.0 Å². The van der Waals surface area contributed by atoms with Gasteiger partial charge in [0, 0.05) is 18.3 Å². The first-order valence-corrected chi connectivity index (χ1v) is 7.48. The molecule has 2 heteroatoms. The molecule has 2 heterocycles. The molecule has 0 amide bonds. The van der Waals surface area contributed by atoms with E-state index in [0.29, 0.717) is 6.04 Å². The summed E-state index contributed by atoms with van der Waals surface area (Å²) in [7, 11) is 0. The van der Waals surface area contributed by atoms with Gasteiger partial charge in [0.25, 0.3) is 0 Å². The zero-order chi connectivity index (χ0) is 12.2. The van der Waals surface area contributed by atoms with Gasteiger partial charge in [-0.2, -0.15) is 0 Å². The van der Waals surface area contributed by atoms with E-state index in [9.17, 15) is 0 Å². The molecule has 18 heavy (non-hydrogen) atoms. The van der Waals surface area contributed by atoms with Gasteiger partial charge in [0.1, 0.15) is 0 Å². The van der Waals surface area contributed by atoms with Crippen LogP contribution in [0.5, 0.6) is 0 Å². The molecule has 1 saturated heterocycles. The van der Waals surface area contributed by atoms with E-state index in [-0.39, 0.29) is 0 Å². The van der Waals surface area contributed by atoms with E-state index < -0.39 is 0 Å². The molecule has 0 saturated carbocycles. The Morgan fingerprint density at radius 3 is 2.50 bits per heavy atom. The Kier molecular flexibility index (Phi) is 3.84. The number of hydrogen-bond donors (Lipinski definition) is 1. The summed E-state index contributed by atoms with van der Waals surface area (Å²) in [6.45, 7) is 3.82. The first-order chi connectivity index (χ1) is 8.92. The van der Waals surface area contributed by atoms with Crippen LogP contribution < -0.4 is 5.32 Å². The highest BCUT2D eigenvalue weighted by molar-refractivity contribution is 5.56. The van der Waals surface area contributed by atoms with Gasteiger partial charge in [-0.1, -0.05) is 37.5 Å². The maximum absolute atomic E-state index is 3.68. The van der Waals surface area contributed by atoms with Crippen LogP contribution in [0.3, 0.4) is 0 Å². The molecule has 0 bridgehead atoms. The van der Waals surface area contributed by atoms with Crippen LogP contribution in [0.4, 0.5) is 5.69 Å². The Balaban J connectivity index is 1.55. The molecule has 1 aromatic carbocycles. The number of likely N-dealkylation sites (tertiary alicyclic amines) is 1. The lowest BCUT2D eigenvalue weighted by Gasteiger charge is -2.27. The fourth-order valence-corrected chi connectivity index (χ4v) is 3.29. The molecule has 1 atom stereocenters. The minimum absolute atomic E-state index is 0.627. The molecular formula is C16H24N2. The SMILES string of the molecule is c1ccc2c(c1)CC(CN1CCCCCCC1)N2. The second-order valence-electron chi connectivity index (χ2n) is 5.77. The normalized spacial score (nSPS) is 25.0. The lowest BCUT2D eigenvalue weighted by molar-refractivity contribution is 0.239. The lowest BCUT2D eigenvalue weighted by atomic mass is 10.1. The summed E-state index contributed by atoms with van der Waals surface area (Å²) in [6, 6.07) is 9.38. The minimum atomic E-state index is 0.627. The Morgan fingerprint density at radius 2 is 1.72 bits per heavy atom. The van der Waals surface area contributed by atoms with Crippen molar-refractivity contribution in [3.8, 4) is 0 Å². The van der Waals surface area contributed by atoms with Gasteiger partial charge < -0.3 is 10.2 Å². The third-order valence-electron chi connectivity index (χ3n) is 4.27. The number of para-hydroxylation sites is 1. The Labute approximate surface area is 110 Å². The molecule has 2 aliphatic rings. The second-order valence-corrected chi connectivity index (χ2v) is 5.77. The summed E-state index contributed by atoms with van der Waals surface area (Å²) < 4.78 is 0. The van der Waals surface area contributed by atoms with Crippen molar-refractivity contribution in [2.75, 3.05) is 25.0 Å². The van der Waals surface area contributed by atoms with Gasteiger partial charge in [0.2, 0.25) is 0 Å². The van der Waals surface area contributed by atoms with E-state index >= 15 is 0 Å². The second kappa shape index (κ2) is 5.75. The fraction of sp³-hybridized carbons (Fsp3) is 0.625. The van der Waals surface area contributed by atoms with Gasteiger partial charge in [-0.3, -0.25) is 0 Å². The molecule has 0 aromatic heterocycles. The number of fused-ring (bicyclic) bond motifs is 1. The lowest BCUT2D eigenvalue weighted by Crippen LogP contribution is -2.37. The first-order valence-electron chi connectivity index (χ1n) is 7.48. The third-order valence-corrected chi connectivity index (χ3v) is 4.27. The molecule has 1 aromatic rings.